The number of carbonyl (C=O) groups is 1. The van der Waals surface area contributed by atoms with E-state index in [4.69, 9.17) is 0 Å². The van der Waals surface area contributed by atoms with Gasteiger partial charge in [-0.05, 0) is 55.0 Å². The molecule has 0 saturated carbocycles. The average molecular weight is 333 g/mol. The fourth-order valence-electron chi connectivity index (χ4n) is 2.72. The van der Waals surface area contributed by atoms with Gasteiger partial charge in [0, 0.05) is 19.3 Å². The maximum Gasteiger partial charge on any atom is 0.271 e. The Balaban J connectivity index is 2.04. The fourth-order valence-corrected chi connectivity index (χ4v) is 2.72. The lowest BCUT2D eigenvalue weighted by Gasteiger charge is -2.31. The summed E-state index contributed by atoms with van der Waals surface area (Å²) in [6.45, 7) is 4.74. The molecular weight excluding hydrogens is 309 g/mol. The fraction of sp³-hybridized carbons (Fsp3) is 0.444. The van der Waals surface area contributed by atoms with Gasteiger partial charge in [-0.15, -0.1) is 0 Å². The molecule has 0 unspecified atom stereocenters. The summed E-state index contributed by atoms with van der Waals surface area (Å²) < 4.78 is 14.5. The monoisotopic (exact) mass is 333 g/mol. The minimum Gasteiger partial charge on any atom is -0.396 e. The molecule has 0 aliphatic heterocycles. The number of amides is 1. The highest BCUT2D eigenvalue weighted by Gasteiger charge is 2.26. The van der Waals surface area contributed by atoms with E-state index in [-0.39, 0.29) is 23.7 Å². The lowest BCUT2D eigenvalue weighted by atomic mass is 9.79. The molecule has 130 valence electrons. The molecule has 24 heavy (non-hydrogen) atoms. The van der Waals surface area contributed by atoms with Crippen LogP contribution in [0.15, 0.2) is 36.5 Å². The number of hydrogen-bond donors (Lipinski definition) is 2. The van der Waals surface area contributed by atoms with E-state index in [0.29, 0.717) is 24.3 Å². The molecule has 5 nitrogen and oxygen atoms in total. The van der Waals surface area contributed by atoms with Crippen LogP contribution in [-0.2, 0) is 0 Å². The number of benzene rings is 1. The normalized spacial score (nSPS) is 11.5. The van der Waals surface area contributed by atoms with Gasteiger partial charge in [-0.1, -0.05) is 13.8 Å². The molecule has 6 heteroatoms. The molecule has 0 bridgehead atoms. The van der Waals surface area contributed by atoms with Gasteiger partial charge >= 0.3 is 0 Å². The second-order valence-corrected chi connectivity index (χ2v) is 5.99. The van der Waals surface area contributed by atoms with Crippen LogP contribution in [0.2, 0.25) is 0 Å². The van der Waals surface area contributed by atoms with Gasteiger partial charge in [0.25, 0.3) is 5.91 Å². The third-order valence-electron chi connectivity index (χ3n) is 4.68. The van der Waals surface area contributed by atoms with Crippen LogP contribution in [0.1, 0.15) is 43.6 Å². The quantitative estimate of drug-likeness (QED) is 0.780. The van der Waals surface area contributed by atoms with E-state index in [1.165, 1.54) is 16.8 Å². The summed E-state index contributed by atoms with van der Waals surface area (Å²) in [6.07, 6.45) is 4.09. The zero-order chi connectivity index (χ0) is 17.6. The van der Waals surface area contributed by atoms with E-state index in [1.807, 2.05) is 0 Å². The molecule has 2 rings (SSSR count). The van der Waals surface area contributed by atoms with E-state index < -0.39 is 0 Å². The maximum absolute atomic E-state index is 13.0. The Morgan fingerprint density at radius 3 is 2.50 bits per heavy atom. The van der Waals surface area contributed by atoms with Crippen LogP contribution in [0.5, 0.6) is 0 Å². The Bertz CT molecular complexity index is 663. The minimum atomic E-state index is -0.316. The summed E-state index contributed by atoms with van der Waals surface area (Å²) in [5, 5.41) is 16.4. The van der Waals surface area contributed by atoms with Gasteiger partial charge in [-0.2, -0.15) is 5.10 Å². The third kappa shape index (κ3) is 4.20. The summed E-state index contributed by atoms with van der Waals surface area (Å²) in [5.41, 5.74) is 0.904. The van der Waals surface area contributed by atoms with Crippen LogP contribution >= 0.6 is 0 Å². The summed E-state index contributed by atoms with van der Waals surface area (Å²) >= 11 is 0. The number of aliphatic hydroxyl groups excluding tert-OH is 1. The number of carbonyl (C=O) groups excluding carboxylic acids is 1. The second-order valence-electron chi connectivity index (χ2n) is 5.99. The number of rotatable bonds is 8. The largest absolute Gasteiger partial charge is 0.396 e. The molecule has 1 aromatic carbocycles. The predicted octanol–water partition coefficient (Wildman–Crippen LogP) is 2.93. The Labute approximate surface area is 141 Å². The van der Waals surface area contributed by atoms with Crippen molar-refractivity contribution in [3.63, 3.8) is 0 Å². The number of hydrogen-bond acceptors (Lipinski definition) is 3. The molecule has 2 N–H and O–H groups in total. The lowest BCUT2D eigenvalue weighted by molar-refractivity contribution is 0.0902. The molecular formula is C18H24FN3O2. The first-order valence-electron chi connectivity index (χ1n) is 8.24. The van der Waals surface area contributed by atoms with Crippen molar-refractivity contribution in [2.45, 2.75) is 33.1 Å². The summed E-state index contributed by atoms with van der Waals surface area (Å²) in [7, 11) is 0. The summed E-state index contributed by atoms with van der Waals surface area (Å²) in [6, 6.07) is 7.53. The number of aromatic nitrogens is 2. The lowest BCUT2D eigenvalue weighted by Crippen LogP contribution is -2.37. The number of nitrogens with zero attached hydrogens (tertiary/aromatic N) is 2. The minimum absolute atomic E-state index is 0.0933. The zero-order valence-corrected chi connectivity index (χ0v) is 14.1. The van der Waals surface area contributed by atoms with Crippen molar-refractivity contribution >= 4 is 5.91 Å². The van der Waals surface area contributed by atoms with Crippen molar-refractivity contribution in [2.24, 2.45) is 5.41 Å². The highest BCUT2D eigenvalue weighted by atomic mass is 19.1. The molecule has 1 amide bonds. The maximum atomic E-state index is 13.0. The number of nitrogens with one attached hydrogen (secondary N) is 1. The molecule has 0 aliphatic rings. The van der Waals surface area contributed by atoms with Crippen LogP contribution < -0.4 is 5.32 Å². The number of halogens is 1. The first kappa shape index (κ1) is 18.1. The predicted molar refractivity (Wildman–Crippen MR) is 90.6 cm³/mol. The van der Waals surface area contributed by atoms with E-state index in [0.717, 1.165) is 12.8 Å². The Hall–Kier alpha value is -2.21. The van der Waals surface area contributed by atoms with Gasteiger partial charge in [0.2, 0.25) is 0 Å². The van der Waals surface area contributed by atoms with Crippen LogP contribution in [0.4, 0.5) is 4.39 Å². The summed E-state index contributed by atoms with van der Waals surface area (Å²) in [5.74, 6) is -0.566. The molecule has 0 radical (unpaired) electrons. The van der Waals surface area contributed by atoms with Crippen LogP contribution in [0.25, 0.3) is 5.69 Å². The van der Waals surface area contributed by atoms with Gasteiger partial charge in [0.15, 0.2) is 5.69 Å². The van der Waals surface area contributed by atoms with Crippen LogP contribution in [0.3, 0.4) is 0 Å². The summed E-state index contributed by atoms with van der Waals surface area (Å²) in [4.78, 5) is 12.3. The topological polar surface area (TPSA) is 67.2 Å². The highest BCUT2D eigenvalue weighted by Crippen LogP contribution is 2.29. The van der Waals surface area contributed by atoms with E-state index >= 15 is 0 Å². The average Bonchev–Trinajstić information content (AvgIpc) is 3.09. The Morgan fingerprint density at radius 2 is 1.92 bits per heavy atom. The zero-order valence-electron chi connectivity index (χ0n) is 14.1. The van der Waals surface area contributed by atoms with Crippen molar-refractivity contribution in [3.8, 4) is 5.69 Å². The Morgan fingerprint density at radius 1 is 1.25 bits per heavy atom. The van der Waals surface area contributed by atoms with Gasteiger partial charge < -0.3 is 10.4 Å². The van der Waals surface area contributed by atoms with Gasteiger partial charge in [0.05, 0.1) is 5.69 Å². The van der Waals surface area contributed by atoms with Gasteiger partial charge in [-0.3, -0.25) is 4.79 Å². The molecule has 1 aromatic heterocycles. The van der Waals surface area contributed by atoms with Crippen molar-refractivity contribution in [2.75, 3.05) is 13.2 Å². The Kier molecular flexibility index (Phi) is 6.09. The highest BCUT2D eigenvalue weighted by molar-refractivity contribution is 5.92. The standard InChI is InChI=1S/C18H24FN3O2/c1-3-18(4-2,10-12-23)13-20-17(24)16-9-11-22(21-16)15-7-5-14(19)6-8-15/h5-9,11,23H,3-4,10,12-13H2,1-2H3,(H,20,24). The van der Waals surface area contributed by atoms with E-state index in [1.54, 1.807) is 24.4 Å². The van der Waals surface area contributed by atoms with E-state index in [2.05, 4.69) is 24.3 Å². The molecule has 0 atom stereocenters. The molecule has 0 aliphatic carbocycles. The molecule has 0 fully saturated rings. The molecule has 0 saturated heterocycles. The first-order valence-corrected chi connectivity index (χ1v) is 8.24. The first-order chi connectivity index (χ1) is 11.5. The van der Waals surface area contributed by atoms with Crippen LogP contribution in [0, 0.1) is 11.2 Å². The van der Waals surface area contributed by atoms with Gasteiger partial charge in [0.1, 0.15) is 5.82 Å². The van der Waals surface area contributed by atoms with Crippen LogP contribution in [-0.4, -0.2) is 33.9 Å². The van der Waals surface area contributed by atoms with Gasteiger partial charge in [-0.25, -0.2) is 9.07 Å². The smallest absolute Gasteiger partial charge is 0.271 e. The SMILES string of the molecule is CCC(CC)(CCO)CNC(=O)c1ccn(-c2ccc(F)cc2)n1. The molecule has 2 aromatic rings. The third-order valence-corrected chi connectivity index (χ3v) is 4.68. The molecule has 1 heterocycles. The van der Waals surface area contributed by atoms with E-state index in [9.17, 15) is 14.3 Å². The molecule has 0 spiro atoms. The van der Waals surface area contributed by atoms with Crippen molar-refractivity contribution in [1.29, 1.82) is 0 Å². The van der Waals surface area contributed by atoms with Crippen molar-refractivity contribution in [3.05, 3.63) is 48.0 Å². The van der Waals surface area contributed by atoms with Crippen molar-refractivity contribution < 1.29 is 14.3 Å². The van der Waals surface area contributed by atoms with Crippen molar-refractivity contribution in [1.82, 2.24) is 15.1 Å². The second kappa shape index (κ2) is 8.06. The number of aliphatic hydroxyl groups is 1.